The van der Waals surface area contributed by atoms with Crippen LogP contribution < -0.4 is 10.1 Å². The standard InChI is InChI=1S/C31H32N4O4/c36-29-12-11-27(30(37)33-29)35-18-19-15-21(9-10-23(19)31(35)38)39-28-8-4-3-7-26(28)34-16-20(17-34)22-13-14-32-25-6-2-1-5-24(22)25/h1-2,5-6,9-10,13-15,20,26-28H,3-4,7-8,11-12,16-18H2,(H,33,36,37)/t26-,27?,28-/m0/s1. The molecule has 3 atom stereocenters. The van der Waals surface area contributed by atoms with Crippen molar-refractivity contribution in [1.29, 1.82) is 0 Å². The lowest BCUT2D eigenvalue weighted by Gasteiger charge is -2.48. The van der Waals surface area contributed by atoms with Crippen molar-refractivity contribution in [3.05, 3.63) is 71.4 Å². The number of nitrogens with zero attached hydrogens (tertiary/aromatic N) is 3. The van der Waals surface area contributed by atoms with Crippen LogP contribution in [-0.2, 0) is 16.1 Å². The zero-order valence-corrected chi connectivity index (χ0v) is 21.8. The van der Waals surface area contributed by atoms with Crippen molar-refractivity contribution in [2.75, 3.05) is 13.1 Å². The predicted molar refractivity (Wildman–Crippen MR) is 145 cm³/mol. The van der Waals surface area contributed by atoms with Gasteiger partial charge in [-0.1, -0.05) is 24.6 Å². The number of pyridine rings is 1. The van der Waals surface area contributed by atoms with Crippen LogP contribution in [-0.4, -0.2) is 63.8 Å². The fraction of sp³-hybridized carbons (Fsp3) is 0.419. The van der Waals surface area contributed by atoms with Gasteiger partial charge in [-0.25, -0.2) is 0 Å². The first-order chi connectivity index (χ1) is 19.0. The molecule has 1 aliphatic carbocycles. The predicted octanol–water partition coefficient (Wildman–Crippen LogP) is 3.79. The highest BCUT2D eigenvalue weighted by Gasteiger charge is 2.41. The minimum Gasteiger partial charge on any atom is -0.489 e. The fourth-order valence-electron chi connectivity index (χ4n) is 6.89. The second-order valence-electron chi connectivity index (χ2n) is 11.3. The molecule has 1 saturated carbocycles. The van der Waals surface area contributed by atoms with Crippen LogP contribution >= 0.6 is 0 Å². The smallest absolute Gasteiger partial charge is 0.255 e. The number of rotatable bonds is 5. The molecule has 2 aromatic carbocycles. The molecular formula is C31H32N4O4. The number of benzene rings is 2. The second-order valence-corrected chi connectivity index (χ2v) is 11.3. The maximum Gasteiger partial charge on any atom is 0.255 e. The van der Waals surface area contributed by atoms with E-state index in [9.17, 15) is 14.4 Å². The Morgan fingerprint density at radius 2 is 1.79 bits per heavy atom. The Hall–Kier alpha value is -3.78. The van der Waals surface area contributed by atoms with Gasteiger partial charge in [0.25, 0.3) is 5.91 Å². The molecule has 4 heterocycles. The lowest BCUT2D eigenvalue weighted by atomic mass is 9.83. The molecule has 0 spiro atoms. The van der Waals surface area contributed by atoms with Crippen LogP contribution in [0.3, 0.4) is 0 Å². The average molecular weight is 525 g/mol. The van der Waals surface area contributed by atoms with E-state index >= 15 is 0 Å². The Bertz CT molecular complexity index is 1460. The summed E-state index contributed by atoms with van der Waals surface area (Å²) in [6.07, 6.45) is 7.15. The SMILES string of the molecule is O=C1CCC(N2Cc3cc(O[C@H]4CCCC[C@@H]4N4CC(c5ccnc6ccccc56)C4)ccc3C2=O)C(=O)N1. The topological polar surface area (TPSA) is 91.8 Å². The first-order valence-corrected chi connectivity index (χ1v) is 14.1. The van der Waals surface area contributed by atoms with Gasteiger partial charge >= 0.3 is 0 Å². The number of imide groups is 1. The summed E-state index contributed by atoms with van der Waals surface area (Å²) < 4.78 is 6.61. The number of para-hydroxylation sites is 1. The van der Waals surface area contributed by atoms with E-state index < -0.39 is 6.04 Å². The van der Waals surface area contributed by atoms with Crippen molar-refractivity contribution in [2.45, 2.75) is 69.2 Å². The van der Waals surface area contributed by atoms with Gasteiger partial charge in [-0.3, -0.25) is 29.6 Å². The van der Waals surface area contributed by atoms with Crippen molar-refractivity contribution >= 4 is 28.6 Å². The van der Waals surface area contributed by atoms with Gasteiger partial charge in [-0.2, -0.15) is 0 Å². The number of carbonyl (C=O) groups is 3. The zero-order valence-electron chi connectivity index (χ0n) is 21.8. The van der Waals surface area contributed by atoms with Crippen molar-refractivity contribution in [3.8, 4) is 5.75 Å². The van der Waals surface area contributed by atoms with E-state index in [1.165, 1.54) is 17.4 Å². The van der Waals surface area contributed by atoms with E-state index in [2.05, 4.69) is 39.5 Å². The number of aromatic nitrogens is 1. The minimum atomic E-state index is -0.605. The highest BCUT2D eigenvalue weighted by molar-refractivity contribution is 6.05. The molecule has 8 nitrogen and oxygen atoms in total. The van der Waals surface area contributed by atoms with Crippen LogP contribution in [0.2, 0.25) is 0 Å². The molecule has 0 radical (unpaired) electrons. The van der Waals surface area contributed by atoms with E-state index in [1.807, 2.05) is 30.5 Å². The molecular weight excluding hydrogens is 492 g/mol. The molecule has 3 amide bonds. The quantitative estimate of drug-likeness (QED) is 0.511. The van der Waals surface area contributed by atoms with Crippen molar-refractivity contribution < 1.29 is 19.1 Å². The molecule has 8 heteroatoms. The van der Waals surface area contributed by atoms with Gasteiger partial charge < -0.3 is 9.64 Å². The third kappa shape index (κ3) is 4.36. The molecule has 200 valence electrons. The molecule has 1 unspecified atom stereocenters. The third-order valence-electron chi connectivity index (χ3n) is 8.95. The monoisotopic (exact) mass is 524 g/mol. The number of carbonyl (C=O) groups excluding carboxylic acids is 3. The van der Waals surface area contributed by atoms with Crippen LogP contribution in [0.1, 0.15) is 65.9 Å². The number of fused-ring (bicyclic) bond motifs is 2. The van der Waals surface area contributed by atoms with Crippen molar-refractivity contribution in [1.82, 2.24) is 20.1 Å². The second kappa shape index (κ2) is 9.75. The van der Waals surface area contributed by atoms with Gasteiger partial charge in [0, 0.05) is 55.2 Å². The van der Waals surface area contributed by atoms with Gasteiger partial charge in [0.15, 0.2) is 0 Å². The maximum atomic E-state index is 13.1. The molecule has 7 rings (SSSR count). The molecule has 3 aliphatic heterocycles. The zero-order chi connectivity index (χ0) is 26.5. The van der Waals surface area contributed by atoms with Crippen molar-refractivity contribution in [2.24, 2.45) is 0 Å². The van der Waals surface area contributed by atoms with Gasteiger partial charge in [0.1, 0.15) is 17.9 Å². The summed E-state index contributed by atoms with van der Waals surface area (Å²) in [5.74, 6) is 0.463. The minimum absolute atomic E-state index is 0.107. The summed E-state index contributed by atoms with van der Waals surface area (Å²) in [5.41, 5.74) is 3.93. The number of hydrogen-bond donors (Lipinski definition) is 1. The first-order valence-electron chi connectivity index (χ1n) is 14.1. The highest BCUT2D eigenvalue weighted by Crippen LogP contribution is 2.38. The summed E-state index contributed by atoms with van der Waals surface area (Å²) in [7, 11) is 0. The summed E-state index contributed by atoms with van der Waals surface area (Å²) >= 11 is 0. The number of ether oxygens (including phenoxy) is 1. The van der Waals surface area contributed by atoms with Gasteiger partial charge in [0.2, 0.25) is 11.8 Å². The lowest BCUT2D eigenvalue weighted by Crippen LogP contribution is -2.57. The molecule has 3 aromatic rings. The Morgan fingerprint density at radius 3 is 2.67 bits per heavy atom. The number of amides is 3. The highest BCUT2D eigenvalue weighted by atomic mass is 16.5. The normalized spacial score (nSPS) is 25.9. The Labute approximate surface area is 227 Å². The molecule has 39 heavy (non-hydrogen) atoms. The molecule has 1 aromatic heterocycles. The number of likely N-dealkylation sites (tertiary alicyclic amines) is 1. The molecule has 4 aliphatic rings. The molecule has 1 N–H and O–H groups in total. The van der Waals surface area contributed by atoms with Gasteiger partial charge in [-0.05, 0) is 67.1 Å². The Kier molecular flexibility index (Phi) is 6.07. The van der Waals surface area contributed by atoms with Crippen LogP contribution in [0.25, 0.3) is 10.9 Å². The molecule has 2 saturated heterocycles. The third-order valence-corrected chi connectivity index (χ3v) is 8.95. The average Bonchev–Trinajstić information content (AvgIpc) is 3.24. The fourth-order valence-corrected chi connectivity index (χ4v) is 6.89. The summed E-state index contributed by atoms with van der Waals surface area (Å²) in [6, 6.07) is 16.0. The summed E-state index contributed by atoms with van der Waals surface area (Å²) in [5, 5.41) is 3.61. The van der Waals surface area contributed by atoms with Gasteiger partial charge in [0.05, 0.1) is 5.52 Å². The molecule has 0 bridgehead atoms. The number of piperidine rings is 1. The Balaban J connectivity index is 1.03. The van der Waals surface area contributed by atoms with E-state index in [1.54, 1.807) is 4.90 Å². The lowest BCUT2D eigenvalue weighted by molar-refractivity contribution is -0.136. The summed E-state index contributed by atoms with van der Waals surface area (Å²) in [6.45, 7) is 2.41. The van der Waals surface area contributed by atoms with Crippen LogP contribution in [0, 0.1) is 0 Å². The largest absolute Gasteiger partial charge is 0.489 e. The van der Waals surface area contributed by atoms with Crippen LogP contribution in [0.4, 0.5) is 0 Å². The van der Waals surface area contributed by atoms with Crippen LogP contribution in [0.5, 0.6) is 5.75 Å². The van der Waals surface area contributed by atoms with Crippen LogP contribution in [0.15, 0.2) is 54.7 Å². The van der Waals surface area contributed by atoms with Crippen molar-refractivity contribution in [3.63, 3.8) is 0 Å². The first kappa shape index (κ1) is 24.3. The van der Waals surface area contributed by atoms with Gasteiger partial charge in [-0.15, -0.1) is 0 Å². The summed E-state index contributed by atoms with van der Waals surface area (Å²) in [4.78, 5) is 45.7. The number of nitrogens with one attached hydrogen (secondary N) is 1. The number of hydrogen-bond acceptors (Lipinski definition) is 6. The molecule has 3 fully saturated rings. The van der Waals surface area contributed by atoms with E-state index in [-0.39, 0.29) is 30.2 Å². The van der Waals surface area contributed by atoms with E-state index in [4.69, 9.17) is 4.74 Å². The van der Waals surface area contributed by atoms with E-state index in [0.29, 0.717) is 30.5 Å². The Morgan fingerprint density at radius 1 is 0.949 bits per heavy atom. The maximum absolute atomic E-state index is 13.1. The van der Waals surface area contributed by atoms with E-state index in [0.717, 1.165) is 49.2 Å².